The fourth-order valence-electron chi connectivity index (χ4n) is 4.07. The fraction of sp³-hybridized carbons (Fsp3) is 0.345. The summed E-state index contributed by atoms with van der Waals surface area (Å²) in [6.07, 6.45) is 8.37. The van der Waals surface area contributed by atoms with Crippen molar-refractivity contribution in [2.24, 2.45) is 4.99 Å². The minimum absolute atomic E-state index is 0.00872. The molecule has 1 aliphatic rings. The number of allylic oxidation sites excluding steroid dienone is 3. The Morgan fingerprint density at radius 1 is 1.26 bits per heavy atom. The Labute approximate surface area is 226 Å². The molecule has 0 bridgehead atoms. The van der Waals surface area contributed by atoms with Crippen LogP contribution in [-0.2, 0) is 4.79 Å². The molecule has 1 aromatic carbocycles. The zero-order chi connectivity index (χ0) is 28.6. The zero-order valence-corrected chi connectivity index (χ0v) is 24.1. The molecule has 2 atom stereocenters. The van der Waals surface area contributed by atoms with E-state index in [9.17, 15) is 18.5 Å². The lowest BCUT2D eigenvalue weighted by Gasteiger charge is -2.33. The van der Waals surface area contributed by atoms with Crippen LogP contribution in [-0.4, -0.2) is 61.2 Å². The summed E-state index contributed by atoms with van der Waals surface area (Å²) in [6, 6.07) is 2.98. The number of amides is 1. The summed E-state index contributed by atoms with van der Waals surface area (Å²) in [4.78, 5) is 30.1. The molecule has 1 amide bonds. The summed E-state index contributed by atoms with van der Waals surface area (Å²) < 4.78 is 29.8. The molecular formula is C29H37F2N4O2P. The lowest BCUT2D eigenvalue weighted by molar-refractivity contribution is -0.135. The van der Waals surface area contributed by atoms with Gasteiger partial charge in [-0.2, -0.15) is 0 Å². The maximum atomic E-state index is 15.0. The lowest BCUT2D eigenvalue weighted by atomic mass is 9.95. The molecule has 0 saturated heterocycles. The van der Waals surface area contributed by atoms with Crippen LogP contribution in [0.1, 0.15) is 50.0 Å². The Hall–Kier alpha value is -3.22. The number of hydrogen-bond acceptors (Lipinski definition) is 5. The number of nitrogens with one attached hydrogen (secondary N) is 1. The molecule has 204 valence electrons. The fourth-order valence-corrected chi connectivity index (χ4v) is 4.57. The Balaban J connectivity index is 2.22. The second kappa shape index (κ2) is 14.1. The van der Waals surface area contributed by atoms with Crippen LogP contribution in [0.4, 0.5) is 8.87 Å². The first kappa shape index (κ1) is 31.0. The Morgan fingerprint density at radius 2 is 1.95 bits per heavy atom. The van der Waals surface area contributed by atoms with Crippen LogP contribution < -0.4 is 10.6 Å². The van der Waals surface area contributed by atoms with Crippen LogP contribution in [0.3, 0.4) is 0 Å². The Kier molecular flexibility index (Phi) is 11.5. The van der Waals surface area contributed by atoms with Crippen LogP contribution in [0.5, 0.6) is 0 Å². The maximum absolute atomic E-state index is 15.0. The van der Waals surface area contributed by atoms with Crippen molar-refractivity contribution in [3.63, 3.8) is 0 Å². The first-order valence-electron chi connectivity index (χ1n) is 12.3. The van der Waals surface area contributed by atoms with Gasteiger partial charge in [0.1, 0.15) is 5.82 Å². The van der Waals surface area contributed by atoms with Gasteiger partial charge in [0.15, 0.2) is 5.78 Å². The van der Waals surface area contributed by atoms with E-state index in [0.29, 0.717) is 47.2 Å². The van der Waals surface area contributed by atoms with Crippen LogP contribution >= 0.6 is 9.24 Å². The van der Waals surface area contributed by atoms with E-state index in [1.807, 2.05) is 19.9 Å². The van der Waals surface area contributed by atoms with Gasteiger partial charge in [-0.3, -0.25) is 19.5 Å². The van der Waals surface area contributed by atoms with Gasteiger partial charge < -0.3 is 5.32 Å². The average molecular weight is 543 g/mol. The maximum Gasteiger partial charge on any atom is 0.280 e. The Morgan fingerprint density at radius 3 is 2.47 bits per heavy atom. The highest BCUT2D eigenvalue weighted by atomic mass is 31.0. The number of rotatable bonds is 10. The highest BCUT2D eigenvalue weighted by molar-refractivity contribution is 7.27. The number of halogens is 2. The molecule has 1 N–H and O–H groups in total. The monoisotopic (exact) mass is 542 g/mol. The standard InChI is InChI=1S/C29H37F2N4O2P/c1-18(14-19(2)26(8-11-32-6)35(31)28(37)15-20(3)33-7)21(4)34-12-9-23(10-13-34)29-25(30)16-24(22(5)36)17-27(29)38/h8-9,11,14-17,21,33H,2,10,12-13,38H2,1,3-7H3/b18-14+,20-15+,26-8+,32-11?. The minimum atomic E-state index is -0.835. The summed E-state index contributed by atoms with van der Waals surface area (Å²) >= 11 is 0. The highest BCUT2D eigenvalue weighted by Gasteiger charge is 2.23. The van der Waals surface area contributed by atoms with Gasteiger partial charge >= 0.3 is 0 Å². The van der Waals surface area contributed by atoms with Crippen molar-refractivity contribution in [3.8, 4) is 0 Å². The molecule has 0 saturated carbocycles. The average Bonchev–Trinajstić information content (AvgIpc) is 2.87. The van der Waals surface area contributed by atoms with Gasteiger partial charge in [0.2, 0.25) is 0 Å². The van der Waals surface area contributed by atoms with Crippen molar-refractivity contribution in [2.45, 2.75) is 40.2 Å². The molecule has 0 fully saturated rings. The number of benzene rings is 1. The molecule has 9 heteroatoms. The van der Waals surface area contributed by atoms with Crippen molar-refractivity contribution in [3.05, 3.63) is 82.5 Å². The smallest absolute Gasteiger partial charge is 0.280 e. The minimum Gasteiger partial charge on any atom is -0.391 e. The van der Waals surface area contributed by atoms with E-state index in [1.165, 1.54) is 25.3 Å². The summed E-state index contributed by atoms with van der Waals surface area (Å²) in [7, 11) is 5.73. The summed E-state index contributed by atoms with van der Waals surface area (Å²) in [5.41, 5.74) is 3.54. The molecule has 1 aromatic rings. The predicted molar refractivity (Wildman–Crippen MR) is 156 cm³/mol. The van der Waals surface area contributed by atoms with Crippen LogP contribution in [0.2, 0.25) is 0 Å². The second-order valence-corrected chi connectivity index (χ2v) is 9.82. The number of ketones is 1. The molecule has 6 nitrogen and oxygen atoms in total. The van der Waals surface area contributed by atoms with E-state index in [-0.39, 0.29) is 22.6 Å². The number of carbonyl (C=O) groups excluding carboxylic acids is 2. The van der Waals surface area contributed by atoms with Gasteiger partial charge in [-0.15, -0.1) is 14.4 Å². The number of Topliss-reactive ketones (excluding diaryl/α,β-unsaturated/α-hetero) is 1. The SMILES string of the molecule is C=C(/C=C(\C)C(C)N1CC=C(c2c(F)cc(C(C)=O)cc2P)CC1)/C(=C\C=NC)N(F)C(=O)/C=C(\C)NC. The second-order valence-electron chi connectivity index (χ2n) is 9.20. The number of carbonyl (C=O) groups is 2. The quantitative estimate of drug-likeness (QED) is 0.114. The number of aliphatic imine (C=N–C) groups is 1. The molecule has 38 heavy (non-hydrogen) atoms. The Bertz CT molecular complexity index is 1220. The van der Waals surface area contributed by atoms with Crippen LogP contribution in [0.25, 0.3) is 5.57 Å². The molecule has 0 aromatic heterocycles. The van der Waals surface area contributed by atoms with Crippen molar-refractivity contribution in [1.29, 1.82) is 0 Å². The van der Waals surface area contributed by atoms with Gasteiger partial charge in [-0.25, -0.2) is 4.39 Å². The molecule has 0 radical (unpaired) electrons. The van der Waals surface area contributed by atoms with E-state index in [0.717, 1.165) is 17.2 Å². The summed E-state index contributed by atoms with van der Waals surface area (Å²) in [5.74, 6) is -1.41. The van der Waals surface area contributed by atoms with Crippen molar-refractivity contribution in [1.82, 2.24) is 15.3 Å². The number of hydrogen-bond donors (Lipinski definition) is 1. The van der Waals surface area contributed by atoms with E-state index >= 15 is 0 Å². The summed E-state index contributed by atoms with van der Waals surface area (Å²) in [6.45, 7) is 12.3. The zero-order valence-electron chi connectivity index (χ0n) is 22.9. The molecule has 0 aliphatic carbocycles. The molecular weight excluding hydrogens is 505 g/mol. The number of nitrogens with zero attached hydrogens (tertiary/aromatic N) is 3. The van der Waals surface area contributed by atoms with E-state index in [1.54, 1.807) is 33.2 Å². The third kappa shape index (κ3) is 7.89. The van der Waals surface area contributed by atoms with Gasteiger partial charge in [-0.05, 0) is 68.8 Å². The molecule has 0 spiro atoms. The third-order valence-electron chi connectivity index (χ3n) is 6.55. The highest BCUT2D eigenvalue weighted by Crippen LogP contribution is 2.28. The van der Waals surface area contributed by atoms with Crippen LogP contribution in [0, 0.1) is 5.82 Å². The van der Waals surface area contributed by atoms with E-state index in [2.05, 4.69) is 31.0 Å². The van der Waals surface area contributed by atoms with Gasteiger partial charge in [0.05, 0.1) is 5.70 Å². The molecule has 2 rings (SSSR count). The molecule has 1 heterocycles. The normalized spacial score (nSPS) is 16.3. The van der Waals surface area contributed by atoms with E-state index < -0.39 is 11.7 Å². The third-order valence-corrected chi connectivity index (χ3v) is 7.00. The largest absolute Gasteiger partial charge is 0.391 e. The summed E-state index contributed by atoms with van der Waals surface area (Å²) in [5, 5.41) is 3.51. The van der Waals surface area contributed by atoms with Crippen molar-refractivity contribution >= 4 is 38.0 Å². The van der Waals surface area contributed by atoms with Gasteiger partial charge in [0, 0.05) is 62.3 Å². The van der Waals surface area contributed by atoms with Gasteiger partial charge in [0.25, 0.3) is 5.91 Å². The van der Waals surface area contributed by atoms with Crippen LogP contribution in [0.15, 0.2) is 70.5 Å². The van der Waals surface area contributed by atoms with Crippen molar-refractivity contribution < 1.29 is 18.5 Å². The topological polar surface area (TPSA) is 65.0 Å². The van der Waals surface area contributed by atoms with Crippen molar-refractivity contribution in [2.75, 3.05) is 27.2 Å². The van der Waals surface area contributed by atoms with E-state index in [4.69, 9.17) is 0 Å². The first-order valence-corrected chi connectivity index (χ1v) is 12.9. The van der Waals surface area contributed by atoms with Gasteiger partial charge in [-0.1, -0.05) is 28.8 Å². The molecule has 1 aliphatic heterocycles. The predicted octanol–water partition coefficient (Wildman–Crippen LogP) is 4.93. The molecule has 2 unspecified atom stereocenters. The first-order chi connectivity index (χ1) is 17.9. The lowest BCUT2D eigenvalue weighted by Crippen LogP contribution is -2.37.